The Morgan fingerprint density at radius 1 is 1.30 bits per heavy atom. The normalized spacial score (nSPS) is 15.2. The third-order valence-corrected chi connectivity index (χ3v) is 5.19. The van der Waals surface area contributed by atoms with E-state index in [0.717, 1.165) is 24.1 Å². The van der Waals surface area contributed by atoms with E-state index < -0.39 is 0 Å². The molecule has 6 heteroatoms. The van der Waals surface area contributed by atoms with Gasteiger partial charge in [0.25, 0.3) is 0 Å². The summed E-state index contributed by atoms with van der Waals surface area (Å²) in [5.74, 6) is 0.158. The Morgan fingerprint density at radius 3 is 2.70 bits per heavy atom. The number of carbonyl (C=O) groups is 2. The molecule has 6 nitrogen and oxygen atoms in total. The second-order valence-electron chi connectivity index (χ2n) is 7.59. The summed E-state index contributed by atoms with van der Waals surface area (Å²) in [5.41, 5.74) is 4.70. The van der Waals surface area contributed by atoms with Gasteiger partial charge in [0.1, 0.15) is 0 Å². The Labute approximate surface area is 160 Å². The van der Waals surface area contributed by atoms with E-state index in [-0.39, 0.29) is 24.3 Å². The first kappa shape index (κ1) is 19.1. The first-order chi connectivity index (χ1) is 13.0. The number of carbonyl (C=O) groups excluding carboxylic acids is 2. The number of piperidine rings is 1. The van der Waals surface area contributed by atoms with Crippen molar-refractivity contribution < 1.29 is 9.59 Å². The molecule has 0 saturated carbocycles. The zero-order valence-electron chi connectivity index (χ0n) is 16.3. The summed E-state index contributed by atoms with van der Waals surface area (Å²) in [5, 5.41) is 10.2. The Kier molecular flexibility index (Phi) is 5.94. The number of benzene rings is 1. The minimum atomic E-state index is -0.107. The SMILES string of the molecule is Cc1cccc(-c2cn[nH]c2C2CCN(C(=O)CNC(=O)C(C)C)CC2)c1. The van der Waals surface area contributed by atoms with Crippen molar-refractivity contribution in [2.24, 2.45) is 5.92 Å². The lowest BCUT2D eigenvalue weighted by Crippen LogP contribution is -2.44. The Balaban J connectivity index is 1.60. The smallest absolute Gasteiger partial charge is 0.241 e. The molecule has 0 aliphatic carbocycles. The van der Waals surface area contributed by atoms with E-state index in [1.165, 1.54) is 11.1 Å². The molecule has 3 rings (SSSR count). The molecule has 0 bridgehead atoms. The lowest BCUT2D eigenvalue weighted by molar-refractivity contribution is -0.134. The number of aromatic amines is 1. The summed E-state index contributed by atoms with van der Waals surface area (Å²) < 4.78 is 0. The van der Waals surface area contributed by atoms with Gasteiger partial charge in [-0.3, -0.25) is 14.7 Å². The molecule has 2 N–H and O–H groups in total. The number of hydrogen-bond donors (Lipinski definition) is 2. The first-order valence-corrected chi connectivity index (χ1v) is 9.61. The van der Waals surface area contributed by atoms with Crippen molar-refractivity contribution in [3.63, 3.8) is 0 Å². The third kappa shape index (κ3) is 4.56. The number of rotatable bonds is 5. The van der Waals surface area contributed by atoms with Gasteiger partial charge in [0.05, 0.1) is 12.7 Å². The average molecular weight is 368 g/mol. The van der Waals surface area contributed by atoms with E-state index in [2.05, 4.69) is 46.7 Å². The van der Waals surface area contributed by atoms with Crippen molar-refractivity contribution in [3.05, 3.63) is 41.7 Å². The number of amides is 2. The monoisotopic (exact) mass is 368 g/mol. The van der Waals surface area contributed by atoms with Crippen LogP contribution < -0.4 is 5.32 Å². The lowest BCUT2D eigenvalue weighted by Gasteiger charge is -2.32. The van der Waals surface area contributed by atoms with Gasteiger partial charge in [-0.1, -0.05) is 43.7 Å². The van der Waals surface area contributed by atoms with Crippen molar-refractivity contribution in [2.45, 2.75) is 39.5 Å². The van der Waals surface area contributed by atoms with Gasteiger partial charge in [-0.25, -0.2) is 0 Å². The highest BCUT2D eigenvalue weighted by Crippen LogP contribution is 2.34. The van der Waals surface area contributed by atoms with E-state index in [1.54, 1.807) is 0 Å². The molecular formula is C21H28N4O2. The van der Waals surface area contributed by atoms with Gasteiger partial charge in [-0.2, -0.15) is 5.10 Å². The van der Waals surface area contributed by atoms with Crippen molar-refractivity contribution >= 4 is 11.8 Å². The van der Waals surface area contributed by atoms with Gasteiger partial charge in [-0.05, 0) is 25.3 Å². The summed E-state index contributed by atoms with van der Waals surface area (Å²) in [7, 11) is 0. The average Bonchev–Trinajstić information content (AvgIpc) is 3.15. The molecule has 2 aromatic rings. The largest absolute Gasteiger partial charge is 0.347 e. The first-order valence-electron chi connectivity index (χ1n) is 9.61. The van der Waals surface area contributed by atoms with Crippen LogP contribution in [-0.2, 0) is 9.59 Å². The summed E-state index contributed by atoms with van der Waals surface area (Å²) in [6.45, 7) is 7.22. The maximum atomic E-state index is 12.3. The molecule has 0 spiro atoms. The number of hydrogen-bond acceptors (Lipinski definition) is 3. The van der Waals surface area contributed by atoms with Crippen LogP contribution in [0, 0.1) is 12.8 Å². The summed E-state index contributed by atoms with van der Waals surface area (Å²) in [4.78, 5) is 25.8. The molecule has 0 unspecified atom stereocenters. The number of aromatic nitrogens is 2. The molecule has 2 amide bonds. The minimum Gasteiger partial charge on any atom is -0.347 e. The second kappa shape index (κ2) is 8.37. The molecular weight excluding hydrogens is 340 g/mol. The highest BCUT2D eigenvalue weighted by molar-refractivity contribution is 5.85. The number of likely N-dealkylation sites (tertiary alicyclic amines) is 1. The van der Waals surface area contributed by atoms with E-state index >= 15 is 0 Å². The van der Waals surface area contributed by atoms with Crippen molar-refractivity contribution in [1.29, 1.82) is 0 Å². The maximum absolute atomic E-state index is 12.3. The Bertz CT molecular complexity index is 804. The molecule has 1 fully saturated rings. The van der Waals surface area contributed by atoms with Crippen LogP contribution >= 0.6 is 0 Å². The summed E-state index contributed by atoms with van der Waals surface area (Å²) in [6, 6.07) is 8.43. The number of nitrogens with one attached hydrogen (secondary N) is 2. The second-order valence-corrected chi connectivity index (χ2v) is 7.59. The van der Waals surface area contributed by atoms with Gasteiger partial charge in [-0.15, -0.1) is 0 Å². The number of H-pyrrole nitrogens is 1. The standard InChI is InChI=1S/C21H28N4O2/c1-14(2)21(27)22-13-19(26)25-9-7-16(8-10-25)20-18(12-23-24-20)17-6-4-5-15(3)11-17/h4-6,11-12,14,16H,7-10,13H2,1-3H3,(H,22,27)(H,23,24). The fourth-order valence-corrected chi connectivity index (χ4v) is 3.55. The molecule has 27 heavy (non-hydrogen) atoms. The molecule has 0 radical (unpaired) electrons. The molecule has 1 aliphatic heterocycles. The molecule has 1 aromatic heterocycles. The topological polar surface area (TPSA) is 78.1 Å². The van der Waals surface area contributed by atoms with Crippen LogP contribution in [0.25, 0.3) is 11.1 Å². The zero-order chi connectivity index (χ0) is 19.4. The van der Waals surface area contributed by atoms with E-state index in [4.69, 9.17) is 0 Å². The van der Waals surface area contributed by atoms with Crippen LogP contribution in [0.3, 0.4) is 0 Å². The molecule has 1 saturated heterocycles. The van der Waals surface area contributed by atoms with E-state index in [0.29, 0.717) is 19.0 Å². The number of nitrogens with zero attached hydrogens (tertiary/aromatic N) is 2. The van der Waals surface area contributed by atoms with Crippen LogP contribution in [0.15, 0.2) is 30.5 Å². The van der Waals surface area contributed by atoms with Crippen LogP contribution in [-0.4, -0.2) is 46.5 Å². The van der Waals surface area contributed by atoms with Crippen molar-refractivity contribution in [1.82, 2.24) is 20.4 Å². The predicted molar refractivity (Wildman–Crippen MR) is 105 cm³/mol. The summed E-state index contributed by atoms with van der Waals surface area (Å²) in [6.07, 6.45) is 3.68. The van der Waals surface area contributed by atoms with Crippen LogP contribution in [0.5, 0.6) is 0 Å². The lowest BCUT2D eigenvalue weighted by atomic mass is 9.89. The van der Waals surface area contributed by atoms with Gasteiger partial charge in [0.15, 0.2) is 0 Å². The van der Waals surface area contributed by atoms with Crippen LogP contribution in [0.4, 0.5) is 0 Å². The fraction of sp³-hybridized carbons (Fsp3) is 0.476. The van der Waals surface area contributed by atoms with Gasteiger partial charge in [0, 0.05) is 36.2 Å². The predicted octanol–water partition coefficient (Wildman–Crippen LogP) is 2.86. The van der Waals surface area contributed by atoms with Gasteiger partial charge < -0.3 is 10.2 Å². The highest BCUT2D eigenvalue weighted by atomic mass is 16.2. The summed E-state index contributed by atoms with van der Waals surface area (Å²) >= 11 is 0. The van der Waals surface area contributed by atoms with Crippen molar-refractivity contribution in [3.8, 4) is 11.1 Å². The van der Waals surface area contributed by atoms with Gasteiger partial charge >= 0.3 is 0 Å². The molecule has 144 valence electrons. The molecule has 0 atom stereocenters. The Hall–Kier alpha value is -2.63. The molecule has 1 aliphatic rings. The van der Waals surface area contributed by atoms with Crippen LogP contribution in [0.1, 0.15) is 43.9 Å². The van der Waals surface area contributed by atoms with Crippen LogP contribution in [0.2, 0.25) is 0 Å². The quantitative estimate of drug-likeness (QED) is 0.852. The minimum absolute atomic E-state index is 0.00836. The van der Waals surface area contributed by atoms with Crippen molar-refractivity contribution in [2.75, 3.05) is 19.6 Å². The molecule has 1 aromatic carbocycles. The zero-order valence-corrected chi connectivity index (χ0v) is 16.3. The number of aryl methyl sites for hydroxylation is 1. The Morgan fingerprint density at radius 2 is 2.04 bits per heavy atom. The fourth-order valence-electron chi connectivity index (χ4n) is 3.55. The van der Waals surface area contributed by atoms with E-state index in [9.17, 15) is 9.59 Å². The third-order valence-electron chi connectivity index (χ3n) is 5.19. The highest BCUT2D eigenvalue weighted by Gasteiger charge is 2.26. The van der Waals surface area contributed by atoms with E-state index in [1.807, 2.05) is 24.9 Å². The molecule has 2 heterocycles. The maximum Gasteiger partial charge on any atom is 0.241 e. The van der Waals surface area contributed by atoms with Gasteiger partial charge in [0.2, 0.25) is 11.8 Å².